The Morgan fingerprint density at radius 2 is 0.654 bits per heavy atom. The summed E-state index contributed by atoms with van der Waals surface area (Å²) in [6, 6.07) is 21.4. The van der Waals surface area contributed by atoms with Crippen LogP contribution in [-0.2, 0) is 33.1 Å². The molecular formula is C42H74N2O6S2+2. The summed E-state index contributed by atoms with van der Waals surface area (Å²) in [5.41, 5.74) is 2.84. The second-order valence-electron chi connectivity index (χ2n) is 16.0. The molecule has 10 heteroatoms. The van der Waals surface area contributed by atoms with Crippen molar-refractivity contribution >= 4 is 20.2 Å². The van der Waals surface area contributed by atoms with Crippen LogP contribution in [-0.4, -0.2) is 99.8 Å². The standard InChI is InChI=1S/C42H72N2O6S2/c1-43(35-23-25-39-51(45,46)47,33-21-11-7-3-5-9-15-27-41-29-17-13-18-30-41)37-38-44(2,36-24-26-40-52(48,49)50)34-22-12-8-4-6-10-16-28-42-31-19-14-20-32-42/h13-14,17-20,29-32H,3-12,15-16,21-28,33-40H2,1-2H3/p+2. The van der Waals surface area contributed by atoms with Crippen LogP contribution in [0.1, 0.15) is 127 Å². The number of hydrogen-bond donors (Lipinski definition) is 2. The third-order valence-corrected chi connectivity index (χ3v) is 12.5. The summed E-state index contributed by atoms with van der Waals surface area (Å²) in [6.45, 7) is 5.80. The summed E-state index contributed by atoms with van der Waals surface area (Å²) >= 11 is 0. The number of nitrogens with zero attached hydrogens (tertiary/aromatic N) is 2. The van der Waals surface area contributed by atoms with Gasteiger partial charge in [-0.05, 0) is 88.2 Å². The van der Waals surface area contributed by atoms with E-state index in [1.807, 2.05) is 0 Å². The quantitative estimate of drug-likeness (QED) is 0.0426. The summed E-state index contributed by atoms with van der Waals surface area (Å²) in [6.07, 6.45) is 22.0. The van der Waals surface area contributed by atoms with Gasteiger partial charge in [-0.25, -0.2) is 0 Å². The molecule has 2 aromatic rings. The molecule has 2 aromatic carbocycles. The fourth-order valence-electron chi connectivity index (χ4n) is 7.41. The topological polar surface area (TPSA) is 109 Å². The first-order valence-corrected chi connectivity index (χ1v) is 23.6. The van der Waals surface area contributed by atoms with Gasteiger partial charge in [0.1, 0.15) is 13.1 Å². The van der Waals surface area contributed by atoms with Crippen LogP contribution in [0.15, 0.2) is 60.7 Å². The Morgan fingerprint density at radius 3 is 0.962 bits per heavy atom. The van der Waals surface area contributed by atoms with Gasteiger partial charge >= 0.3 is 0 Å². The fourth-order valence-corrected chi connectivity index (χ4v) is 8.55. The molecule has 0 aliphatic heterocycles. The largest absolute Gasteiger partial charge is 0.321 e. The van der Waals surface area contributed by atoms with E-state index in [0.29, 0.717) is 12.8 Å². The highest BCUT2D eigenvalue weighted by Gasteiger charge is 2.29. The lowest BCUT2D eigenvalue weighted by Crippen LogP contribution is -2.55. The monoisotopic (exact) mass is 766 g/mol. The molecule has 0 aliphatic carbocycles. The van der Waals surface area contributed by atoms with Crippen molar-refractivity contribution in [3.8, 4) is 0 Å². The van der Waals surface area contributed by atoms with Crippen LogP contribution in [0.4, 0.5) is 0 Å². The minimum absolute atomic E-state index is 0.189. The van der Waals surface area contributed by atoms with Gasteiger partial charge in [0, 0.05) is 0 Å². The highest BCUT2D eigenvalue weighted by molar-refractivity contribution is 7.86. The van der Waals surface area contributed by atoms with Crippen LogP contribution >= 0.6 is 0 Å². The van der Waals surface area contributed by atoms with Crippen LogP contribution in [0.25, 0.3) is 0 Å². The molecule has 0 bridgehead atoms. The average molecular weight is 767 g/mol. The molecule has 52 heavy (non-hydrogen) atoms. The minimum atomic E-state index is -3.95. The molecule has 0 saturated carbocycles. The maximum atomic E-state index is 11.4. The molecule has 0 amide bonds. The zero-order valence-corrected chi connectivity index (χ0v) is 34.4. The normalized spacial score (nSPS) is 14.6. The summed E-state index contributed by atoms with van der Waals surface area (Å²) in [5.74, 6) is -0.377. The Labute approximate surface area is 319 Å². The van der Waals surface area contributed by atoms with Gasteiger partial charge in [-0.2, -0.15) is 16.8 Å². The van der Waals surface area contributed by atoms with Crippen molar-refractivity contribution in [2.24, 2.45) is 0 Å². The van der Waals surface area contributed by atoms with Crippen LogP contribution in [0.2, 0.25) is 0 Å². The molecule has 0 aliphatic rings. The Morgan fingerprint density at radius 1 is 0.385 bits per heavy atom. The third kappa shape index (κ3) is 25.2. The van der Waals surface area contributed by atoms with Crippen molar-refractivity contribution in [3.63, 3.8) is 0 Å². The smallest absolute Gasteiger partial charge is 0.264 e. The SMILES string of the molecule is C[N+](CCCCCCCCCc1ccccc1)(CCCCS(=O)(=O)O)CC[N+](C)(CCCCCCCCCc1ccccc1)CCCCS(=O)(=O)O. The van der Waals surface area contributed by atoms with E-state index in [9.17, 15) is 25.9 Å². The van der Waals surface area contributed by atoms with Gasteiger partial charge in [-0.1, -0.05) is 112 Å². The molecule has 0 radical (unpaired) electrons. The highest BCUT2D eigenvalue weighted by Crippen LogP contribution is 2.18. The number of likely N-dealkylation sites (N-methyl/N-ethyl adjacent to an activating group) is 2. The number of quaternary nitrogens is 2. The number of hydrogen-bond acceptors (Lipinski definition) is 4. The van der Waals surface area contributed by atoms with E-state index in [1.165, 1.54) is 88.2 Å². The lowest BCUT2D eigenvalue weighted by Gasteiger charge is -2.40. The van der Waals surface area contributed by atoms with Gasteiger partial charge in [0.05, 0.1) is 51.8 Å². The summed E-state index contributed by atoms with van der Waals surface area (Å²) in [7, 11) is -3.30. The van der Waals surface area contributed by atoms with Gasteiger partial charge < -0.3 is 8.97 Å². The zero-order valence-electron chi connectivity index (χ0n) is 32.8. The van der Waals surface area contributed by atoms with Gasteiger partial charge in [0.15, 0.2) is 0 Å². The van der Waals surface area contributed by atoms with E-state index in [1.54, 1.807) is 0 Å². The first-order chi connectivity index (χ1) is 24.8. The van der Waals surface area contributed by atoms with Crippen LogP contribution in [0.3, 0.4) is 0 Å². The Kier molecular flexibility index (Phi) is 23.2. The molecule has 2 rings (SSSR count). The van der Waals surface area contributed by atoms with Crippen molar-refractivity contribution < 1.29 is 34.9 Å². The van der Waals surface area contributed by atoms with Crippen molar-refractivity contribution in [1.29, 1.82) is 0 Å². The van der Waals surface area contributed by atoms with E-state index in [-0.39, 0.29) is 11.5 Å². The first-order valence-electron chi connectivity index (χ1n) is 20.4. The van der Waals surface area contributed by atoms with Crippen molar-refractivity contribution in [1.82, 2.24) is 0 Å². The molecule has 0 aromatic heterocycles. The van der Waals surface area contributed by atoms with Crippen LogP contribution in [0, 0.1) is 0 Å². The first kappa shape index (κ1) is 46.3. The predicted octanol–water partition coefficient (Wildman–Crippen LogP) is 9.16. The lowest BCUT2D eigenvalue weighted by molar-refractivity contribution is -0.964. The Hall–Kier alpha value is -1.82. The fraction of sp³-hybridized carbons (Fsp3) is 0.714. The summed E-state index contributed by atoms with van der Waals surface area (Å²) < 4.78 is 65.8. The van der Waals surface area contributed by atoms with Crippen molar-refractivity contribution in [2.45, 2.75) is 128 Å². The molecule has 2 unspecified atom stereocenters. The Balaban J connectivity index is 1.82. The number of unbranched alkanes of at least 4 members (excludes halogenated alkanes) is 14. The van der Waals surface area contributed by atoms with Crippen molar-refractivity contribution in [3.05, 3.63) is 71.8 Å². The highest BCUT2D eigenvalue weighted by atomic mass is 32.2. The molecule has 0 heterocycles. The van der Waals surface area contributed by atoms with Gasteiger partial charge in [-0.3, -0.25) is 9.11 Å². The summed E-state index contributed by atoms with van der Waals surface area (Å²) in [5, 5.41) is 0. The molecule has 2 atom stereocenters. The zero-order chi connectivity index (χ0) is 38.0. The van der Waals surface area contributed by atoms with Crippen LogP contribution < -0.4 is 0 Å². The van der Waals surface area contributed by atoms with Gasteiger partial charge in [0.25, 0.3) is 20.2 Å². The second-order valence-corrected chi connectivity index (χ2v) is 19.1. The van der Waals surface area contributed by atoms with Gasteiger partial charge in [0.2, 0.25) is 0 Å². The summed E-state index contributed by atoms with van der Waals surface area (Å²) in [4.78, 5) is 0. The minimum Gasteiger partial charge on any atom is -0.321 e. The van der Waals surface area contributed by atoms with E-state index in [2.05, 4.69) is 74.8 Å². The second kappa shape index (κ2) is 26.1. The molecule has 0 spiro atoms. The Bertz CT molecular complexity index is 1280. The van der Waals surface area contributed by atoms with E-state index < -0.39 is 20.2 Å². The molecule has 0 saturated heterocycles. The number of benzene rings is 2. The average Bonchev–Trinajstić information content (AvgIpc) is 3.10. The predicted molar refractivity (Wildman–Crippen MR) is 218 cm³/mol. The number of aryl methyl sites for hydroxylation is 2. The number of rotatable bonds is 33. The molecule has 2 N–H and O–H groups in total. The van der Waals surface area contributed by atoms with E-state index >= 15 is 0 Å². The third-order valence-electron chi connectivity index (χ3n) is 10.9. The maximum Gasteiger partial charge on any atom is 0.264 e. The lowest BCUT2D eigenvalue weighted by atomic mass is 10.0. The van der Waals surface area contributed by atoms with Crippen molar-refractivity contribution in [2.75, 3.05) is 64.9 Å². The van der Waals surface area contributed by atoms with E-state index in [4.69, 9.17) is 0 Å². The van der Waals surface area contributed by atoms with E-state index in [0.717, 1.165) is 86.8 Å². The molecule has 8 nitrogen and oxygen atoms in total. The molecule has 0 fully saturated rings. The van der Waals surface area contributed by atoms with Crippen LogP contribution in [0.5, 0.6) is 0 Å². The van der Waals surface area contributed by atoms with Gasteiger partial charge in [-0.15, -0.1) is 0 Å². The molecule has 298 valence electrons. The maximum absolute atomic E-state index is 11.4. The molecular weight excluding hydrogens is 693 g/mol.